The highest BCUT2D eigenvalue weighted by atomic mass is 19.4. The lowest BCUT2D eigenvalue weighted by molar-refractivity contribution is -0.189. The molecule has 1 unspecified atom stereocenters. The summed E-state index contributed by atoms with van der Waals surface area (Å²) in [5, 5.41) is 3.55. The summed E-state index contributed by atoms with van der Waals surface area (Å²) in [6.45, 7) is -0.385. The standard InChI is InChI=1S/C17H14F4N2O4/c1-25-10-4-2-9(3-5-10)8-23-13-11(14(22-23)17(19,20)21)16(15(24)12(13)18)26-6-7-27-16/h2-5,12H,6-8H2,1H3. The molecule has 0 radical (unpaired) electrons. The zero-order valence-electron chi connectivity index (χ0n) is 14.0. The number of carbonyl (C=O) groups excluding carboxylic acids is 1. The molecule has 6 nitrogen and oxygen atoms in total. The maximum Gasteiger partial charge on any atom is 0.435 e. The molecule has 10 heteroatoms. The zero-order chi connectivity index (χ0) is 19.4. The maximum atomic E-state index is 14.7. The minimum Gasteiger partial charge on any atom is -0.497 e. The van der Waals surface area contributed by atoms with Gasteiger partial charge >= 0.3 is 6.18 Å². The van der Waals surface area contributed by atoms with Gasteiger partial charge in [0.2, 0.25) is 12.0 Å². The van der Waals surface area contributed by atoms with E-state index in [-0.39, 0.29) is 19.8 Å². The van der Waals surface area contributed by atoms with Gasteiger partial charge < -0.3 is 14.2 Å². The molecule has 1 spiro atoms. The number of hydrogen-bond donors (Lipinski definition) is 0. The van der Waals surface area contributed by atoms with Crippen LogP contribution in [0.15, 0.2) is 24.3 Å². The van der Waals surface area contributed by atoms with Gasteiger partial charge in [0.15, 0.2) is 5.69 Å². The number of rotatable bonds is 3. The van der Waals surface area contributed by atoms with E-state index in [0.717, 1.165) is 4.68 Å². The van der Waals surface area contributed by atoms with Gasteiger partial charge in [-0.2, -0.15) is 18.3 Å². The number of fused-ring (bicyclic) bond motifs is 2. The SMILES string of the molecule is COc1ccc(Cn2nc(C(F)(F)F)c3c2C(F)C(=O)C32OCCO2)cc1. The Labute approximate surface area is 150 Å². The first-order valence-corrected chi connectivity index (χ1v) is 8.05. The van der Waals surface area contributed by atoms with E-state index in [1.165, 1.54) is 7.11 Å². The van der Waals surface area contributed by atoms with Crippen LogP contribution in [-0.2, 0) is 32.8 Å². The molecule has 0 amide bonds. The number of benzene rings is 1. The van der Waals surface area contributed by atoms with Crippen LogP contribution in [0, 0.1) is 0 Å². The van der Waals surface area contributed by atoms with Gasteiger partial charge in [-0.15, -0.1) is 0 Å². The molecule has 0 saturated carbocycles. The quantitative estimate of drug-likeness (QED) is 0.760. The van der Waals surface area contributed by atoms with E-state index in [1.807, 2.05) is 0 Å². The summed E-state index contributed by atoms with van der Waals surface area (Å²) in [7, 11) is 1.48. The predicted molar refractivity (Wildman–Crippen MR) is 81.8 cm³/mol. The third kappa shape index (κ3) is 2.62. The number of carbonyl (C=O) groups is 1. The average molecular weight is 386 g/mol. The molecule has 0 N–H and O–H groups in total. The lowest BCUT2D eigenvalue weighted by atomic mass is 10.1. The number of halogens is 4. The molecule has 1 fully saturated rings. The second-order valence-corrected chi connectivity index (χ2v) is 6.15. The first kappa shape index (κ1) is 17.9. The number of methoxy groups -OCH3 is 1. The molecule has 1 aromatic heterocycles. The van der Waals surface area contributed by atoms with Gasteiger partial charge in [0.25, 0.3) is 5.79 Å². The van der Waals surface area contributed by atoms with Crippen molar-refractivity contribution in [2.24, 2.45) is 0 Å². The Morgan fingerprint density at radius 1 is 1.26 bits per heavy atom. The largest absolute Gasteiger partial charge is 0.497 e. The Kier molecular flexibility index (Phi) is 4.00. The molecule has 2 aromatic rings. The average Bonchev–Trinajstić information content (AvgIpc) is 3.30. The summed E-state index contributed by atoms with van der Waals surface area (Å²) >= 11 is 0. The highest BCUT2D eigenvalue weighted by Gasteiger charge is 2.63. The molecule has 1 atom stereocenters. The van der Waals surface area contributed by atoms with Crippen molar-refractivity contribution in [3.63, 3.8) is 0 Å². The van der Waals surface area contributed by atoms with Crippen LogP contribution in [0.1, 0.15) is 28.7 Å². The zero-order valence-corrected chi connectivity index (χ0v) is 14.0. The van der Waals surface area contributed by atoms with Crippen LogP contribution in [0.3, 0.4) is 0 Å². The van der Waals surface area contributed by atoms with Crippen LogP contribution < -0.4 is 4.74 Å². The van der Waals surface area contributed by atoms with Crippen molar-refractivity contribution < 1.29 is 36.6 Å². The van der Waals surface area contributed by atoms with Gasteiger partial charge in [-0.1, -0.05) is 12.1 Å². The molecule has 1 aliphatic carbocycles. The summed E-state index contributed by atoms with van der Waals surface area (Å²) in [6, 6.07) is 6.46. The molecule has 27 heavy (non-hydrogen) atoms. The van der Waals surface area contributed by atoms with Crippen LogP contribution in [0.4, 0.5) is 17.6 Å². The van der Waals surface area contributed by atoms with Crippen molar-refractivity contribution in [3.05, 3.63) is 46.8 Å². The van der Waals surface area contributed by atoms with Crippen LogP contribution in [0.2, 0.25) is 0 Å². The van der Waals surface area contributed by atoms with Gasteiger partial charge in [-0.25, -0.2) is 4.39 Å². The number of Topliss-reactive ketones (excluding diaryl/α,β-unsaturated/α-hetero) is 1. The van der Waals surface area contributed by atoms with Crippen LogP contribution in [0.5, 0.6) is 5.75 Å². The lowest BCUT2D eigenvalue weighted by Crippen LogP contribution is -2.35. The smallest absolute Gasteiger partial charge is 0.435 e. The minimum absolute atomic E-state index is 0.112. The summed E-state index contributed by atoms with van der Waals surface area (Å²) in [5.74, 6) is -3.01. The molecular formula is C17H14F4N2O4. The number of alkyl halides is 4. The molecule has 1 aliphatic heterocycles. The second-order valence-electron chi connectivity index (χ2n) is 6.15. The Bertz CT molecular complexity index is 886. The van der Waals surface area contributed by atoms with E-state index in [9.17, 15) is 22.4 Å². The summed E-state index contributed by atoms with van der Waals surface area (Å²) in [5.41, 5.74) is -1.98. The van der Waals surface area contributed by atoms with Crippen molar-refractivity contribution in [1.29, 1.82) is 0 Å². The fourth-order valence-corrected chi connectivity index (χ4v) is 3.39. The van der Waals surface area contributed by atoms with E-state index in [0.29, 0.717) is 11.3 Å². The number of ether oxygens (including phenoxy) is 3. The molecule has 2 heterocycles. The topological polar surface area (TPSA) is 62.6 Å². The van der Waals surface area contributed by atoms with Crippen molar-refractivity contribution in [2.75, 3.05) is 20.3 Å². The maximum absolute atomic E-state index is 14.7. The Balaban J connectivity index is 1.84. The number of ketones is 1. The Morgan fingerprint density at radius 3 is 2.44 bits per heavy atom. The molecule has 4 rings (SSSR count). The lowest BCUT2D eigenvalue weighted by Gasteiger charge is -2.21. The number of aromatic nitrogens is 2. The van der Waals surface area contributed by atoms with Crippen molar-refractivity contribution in [3.8, 4) is 5.75 Å². The number of nitrogens with zero attached hydrogens (tertiary/aromatic N) is 2. The molecular weight excluding hydrogens is 372 g/mol. The van der Waals surface area contributed by atoms with E-state index in [2.05, 4.69) is 5.10 Å². The second kappa shape index (κ2) is 6.03. The summed E-state index contributed by atoms with van der Waals surface area (Å²) in [6.07, 6.45) is -7.22. The van der Waals surface area contributed by atoms with Crippen LogP contribution >= 0.6 is 0 Å². The van der Waals surface area contributed by atoms with Gasteiger partial charge in [-0.3, -0.25) is 9.48 Å². The van der Waals surface area contributed by atoms with Crippen LogP contribution in [-0.4, -0.2) is 35.9 Å². The monoisotopic (exact) mass is 386 g/mol. The molecule has 2 aliphatic rings. The third-order valence-corrected chi connectivity index (χ3v) is 4.57. The van der Waals surface area contributed by atoms with Gasteiger partial charge in [0.1, 0.15) is 5.75 Å². The van der Waals surface area contributed by atoms with Crippen LogP contribution in [0.25, 0.3) is 0 Å². The van der Waals surface area contributed by atoms with E-state index in [1.54, 1.807) is 24.3 Å². The van der Waals surface area contributed by atoms with Gasteiger partial charge in [-0.05, 0) is 17.7 Å². The first-order chi connectivity index (χ1) is 12.8. The summed E-state index contributed by atoms with van der Waals surface area (Å²) in [4.78, 5) is 12.4. The molecule has 0 bridgehead atoms. The first-order valence-electron chi connectivity index (χ1n) is 8.05. The molecule has 144 valence electrons. The van der Waals surface area contributed by atoms with Gasteiger partial charge in [0, 0.05) is 0 Å². The highest BCUT2D eigenvalue weighted by molar-refractivity contribution is 5.97. The summed E-state index contributed by atoms with van der Waals surface area (Å²) < 4.78 is 71.6. The fourth-order valence-electron chi connectivity index (χ4n) is 3.39. The van der Waals surface area contributed by atoms with E-state index in [4.69, 9.17) is 14.2 Å². The van der Waals surface area contributed by atoms with Gasteiger partial charge in [0.05, 0.1) is 38.1 Å². The molecule has 1 aromatic carbocycles. The fraction of sp³-hybridized carbons (Fsp3) is 0.412. The Hall–Kier alpha value is -2.46. The van der Waals surface area contributed by atoms with Crippen molar-refractivity contribution in [1.82, 2.24) is 9.78 Å². The normalized spacial score (nSPS) is 21.1. The number of hydrogen-bond acceptors (Lipinski definition) is 5. The predicted octanol–water partition coefficient (Wildman–Crippen LogP) is 2.75. The molecule has 1 saturated heterocycles. The highest BCUT2D eigenvalue weighted by Crippen LogP contribution is 2.52. The van der Waals surface area contributed by atoms with Crippen molar-refractivity contribution in [2.45, 2.75) is 24.7 Å². The third-order valence-electron chi connectivity index (χ3n) is 4.57. The van der Waals surface area contributed by atoms with E-state index >= 15 is 0 Å². The minimum atomic E-state index is -4.90. The Morgan fingerprint density at radius 2 is 1.89 bits per heavy atom. The van der Waals surface area contributed by atoms with E-state index < -0.39 is 40.9 Å². The van der Waals surface area contributed by atoms with Crippen molar-refractivity contribution >= 4 is 5.78 Å².